The highest BCUT2D eigenvalue weighted by Gasteiger charge is 2.24. The van der Waals surface area contributed by atoms with Gasteiger partial charge in [0.1, 0.15) is 5.76 Å². The normalized spacial score (nSPS) is 15.3. The standard InChI is InChI=1S/C18H14N2O4/c1-11-3-6-13(7-4-11)17-10-16(18(21)24-17)19-15-9-14(20(22)23)8-5-12(15)2/h3-10H,1-2H3. The molecule has 0 spiro atoms. The van der Waals surface area contributed by atoms with Crippen molar-refractivity contribution in [2.24, 2.45) is 4.99 Å². The van der Waals surface area contributed by atoms with Crippen LogP contribution in [0.15, 0.2) is 53.5 Å². The van der Waals surface area contributed by atoms with Crippen molar-refractivity contribution < 1.29 is 14.5 Å². The molecule has 0 atom stereocenters. The van der Waals surface area contributed by atoms with Crippen molar-refractivity contribution in [1.82, 2.24) is 0 Å². The Morgan fingerprint density at radius 2 is 1.79 bits per heavy atom. The number of non-ortho nitro benzene ring substituents is 1. The van der Waals surface area contributed by atoms with Gasteiger partial charge in [0, 0.05) is 23.8 Å². The molecular formula is C18H14N2O4. The van der Waals surface area contributed by atoms with Crippen LogP contribution < -0.4 is 0 Å². The lowest BCUT2D eigenvalue weighted by atomic mass is 10.1. The Hall–Kier alpha value is -3.28. The van der Waals surface area contributed by atoms with Crippen LogP contribution >= 0.6 is 0 Å². The number of nitrogens with zero attached hydrogens (tertiary/aromatic N) is 2. The van der Waals surface area contributed by atoms with Gasteiger partial charge in [-0.2, -0.15) is 0 Å². The van der Waals surface area contributed by atoms with Crippen molar-refractivity contribution in [3.63, 3.8) is 0 Å². The first-order valence-corrected chi connectivity index (χ1v) is 7.29. The van der Waals surface area contributed by atoms with E-state index >= 15 is 0 Å². The predicted octanol–water partition coefficient (Wildman–Crippen LogP) is 3.88. The van der Waals surface area contributed by atoms with E-state index in [2.05, 4.69) is 4.99 Å². The van der Waals surface area contributed by atoms with E-state index in [1.807, 2.05) is 31.2 Å². The number of nitro groups is 1. The van der Waals surface area contributed by atoms with Crippen LogP contribution in [0.4, 0.5) is 11.4 Å². The Balaban J connectivity index is 1.98. The summed E-state index contributed by atoms with van der Waals surface area (Å²) < 4.78 is 5.25. The van der Waals surface area contributed by atoms with Crippen LogP contribution in [-0.4, -0.2) is 16.6 Å². The number of carbonyl (C=O) groups is 1. The molecule has 0 fully saturated rings. The molecule has 1 heterocycles. The Morgan fingerprint density at radius 1 is 1.08 bits per heavy atom. The number of benzene rings is 2. The zero-order chi connectivity index (χ0) is 17.3. The fourth-order valence-electron chi connectivity index (χ4n) is 2.26. The average molecular weight is 322 g/mol. The Bertz CT molecular complexity index is 896. The van der Waals surface area contributed by atoms with Crippen LogP contribution in [0.1, 0.15) is 16.7 Å². The van der Waals surface area contributed by atoms with Crippen LogP contribution in [0.2, 0.25) is 0 Å². The van der Waals surface area contributed by atoms with E-state index < -0.39 is 10.9 Å². The minimum Gasteiger partial charge on any atom is -0.421 e. The Labute approximate surface area is 138 Å². The largest absolute Gasteiger partial charge is 0.421 e. The molecule has 0 bridgehead atoms. The predicted molar refractivity (Wildman–Crippen MR) is 90.2 cm³/mol. The van der Waals surface area contributed by atoms with Crippen LogP contribution in [0, 0.1) is 24.0 Å². The maximum atomic E-state index is 12.0. The smallest absolute Gasteiger partial charge is 0.362 e. The molecule has 120 valence electrons. The van der Waals surface area contributed by atoms with Crippen molar-refractivity contribution in [2.45, 2.75) is 13.8 Å². The minimum absolute atomic E-state index is 0.0750. The van der Waals surface area contributed by atoms with Crippen LogP contribution in [0.25, 0.3) is 5.76 Å². The summed E-state index contributed by atoms with van der Waals surface area (Å²) in [5.74, 6) is -0.154. The van der Waals surface area contributed by atoms with E-state index in [4.69, 9.17) is 4.74 Å². The third-order valence-corrected chi connectivity index (χ3v) is 3.66. The molecule has 1 aliphatic heterocycles. The minimum atomic E-state index is -0.573. The number of hydrogen-bond acceptors (Lipinski definition) is 5. The first kappa shape index (κ1) is 15.6. The molecule has 0 N–H and O–H groups in total. The summed E-state index contributed by atoms with van der Waals surface area (Å²) in [6.07, 6.45) is 1.55. The van der Waals surface area contributed by atoms with E-state index in [-0.39, 0.29) is 11.4 Å². The molecule has 0 saturated heterocycles. The van der Waals surface area contributed by atoms with Gasteiger partial charge in [0.15, 0.2) is 5.71 Å². The molecule has 0 amide bonds. The second-order valence-electron chi connectivity index (χ2n) is 5.49. The summed E-state index contributed by atoms with van der Waals surface area (Å²) in [6, 6.07) is 11.9. The van der Waals surface area contributed by atoms with E-state index in [9.17, 15) is 14.9 Å². The zero-order valence-electron chi connectivity index (χ0n) is 13.1. The number of aryl methyl sites for hydroxylation is 2. The molecule has 0 unspecified atom stereocenters. The molecule has 24 heavy (non-hydrogen) atoms. The molecule has 0 aromatic heterocycles. The van der Waals surface area contributed by atoms with Crippen molar-refractivity contribution in [2.75, 3.05) is 0 Å². The number of aliphatic imine (C=N–C) groups is 1. The Kier molecular flexibility index (Phi) is 3.95. The second kappa shape index (κ2) is 6.08. The van der Waals surface area contributed by atoms with Crippen LogP contribution in [0.5, 0.6) is 0 Å². The molecule has 1 aliphatic rings. The van der Waals surface area contributed by atoms with Gasteiger partial charge in [-0.3, -0.25) is 10.1 Å². The van der Waals surface area contributed by atoms with Gasteiger partial charge in [0.25, 0.3) is 5.69 Å². The summed E-state index contributed by atoms with van der Waals surface area (Å²) in [5.41, 5.74) is 3.03. The van der Waals surface area contributed by atoms with Gasteiger partial charge in [-0.05, 0) is 19.4 Å². The molecular weight excluding hydrogens is 308 g/mol. The summed E-state index contributed by atoms with van der Waals surface area (Å²) in [7, 11) is 0. The highest BCUT2D eigenvalue weighted by molar-refractivity contribution is 6.46. The number of esters is 1. The van der Waals surface area contributed by atoms with Crippen LogP contribution in [-0.2, 0) is 9.53 Å². The maximum absolute atomic E-state index is 12.0. The fourth-order valence-corrected chi connectivity index (χ4v) is 2.26. The first-order chi connectivity index (χ1) is 11.4. The summed E-state index contributed by atoms with van der Waals surface area (Å²) in [5, 5.41) is 10.9. The maximum Gasteiger partial charge on any atom is 0.362 e. The third-order valence-electron chi connectivity index (χ3n) is 3.66. The third kappa shape index (κ3) is 3.08. The number of nitro benzene ring substituents is 1. The number of hydrogen-bond donors (Lipinski definition) is 0. The van der Waals surface area contributed by atoms with Gasteiger partial charge in [-0.1, -0.05) is 35.9 Å². The number of rotatable bonds is 3. The van der Waals surface area contributed by atoms with Gasteiger partial charge in [-0.15, -0.1) is 0 Å². The molecule has 2 aromatic carbocycles. The molecule has 0 radical (unpaired) electrons. The van der Waals surface area contributed by atoms with Crippen molar-refractivity contribution >= 4 is 28.8 Å². The Morgan fingerprint density at radius 3 is 2.46 bits per heavy atom. The van der Waals surface area contributed by atoms with Crippen molar-refractivity contribution in [1.29, 1.82) is 0 Å². The van der Waals surface area contributed by atoms with E-state index in [0.29, 0.717) is 11.4 Å². The molecule has 6 nitrogen and oxygen atoms in total. The molecule has 0 aliphatic carbocycles. The number of carbonyl (C=O) groups excluding carboxylic acids is 1. The fraction of sp³-hybridized carbons (Fsp3) is 0.111. The van der Waals surface area contributed by atoms with Crippen LogP contribution in [0.3, 0.4) is 0 Å². The summed E-state index contributed by atoms with van der Waals surface area (Å²) >= 11 is 0. The summed E-state index contributed by atoms with van der Waals surface area (Å²) in [6.45, 7) is 3.74. The number of ether oxygens (including phenoxy) is 1. The van der Waals surface area contributed by atoms with Crippen molar-refractivity contribution in [3.05, 3.63) is 75.3 Å². The summed E-state index contributed by atoms with van der Waals surface area (Å²) in [4.78, 5) is 26.6. The van der Waals surface area contributed by atoms with Gasteiger partial charge in [0.2, 0.25) is 0 Å². The lowest BCUT2D eigenvalue weighted by Gasteiger charge is -2.01. The topological polar surface area (TPSA) is 81.8 Å². The van der Waals surface area contributed by atoms with Crippen molar-refractivity contribution in [3.8, 4) is 0 Å². The van der Waals surface area contributed by atoms with E-state index in [1.54, 1.807) is 19.1 Å². The molecule has 0 saturated carbocycles. The molecule has 3 rings (SSSR count). The highest BCUT2D eigenvalue weighted by Crippen LogP contribution is 2.28. The average Bonchev–Trinajstić information content (AvgIpc) is 2.91. The lowest BCUT2D eigenvalue weighted by molar-refractivity contribution is -0.384. The van der Waals surface area contributed by atoms with Gasteiger partial charge >= 0.3 is 5.97 Å². The SMILES string of the molecule is Cc1ccc(C2=CC(=Nc3cc([N+](=O)[O-])ccc3C)C(=O)O2)cc1. The van der Waals surface area contributed by atoms with E-state index in [1.165, 1.54) is 12.1 Å². The molecule has 6 heteroatoms. The first-order valence-electron chi connectivity index (χ1n) is 7.29. The quantitative estimate of drug-likeness (QED) is 0.488. The van der Waals surface area contributed by atoms with E-state index in [0.717, 1.165) is 16.7 Å². The zero-order valence-corrected chi connectivity index (χ0v) is 13.1. The second-order valence-corrected chi connectivity index (χ2v) is 5.49. The lowest BCUT2D eigenvalue weighted by Crippen LogP contribution is -2.06. The molecule has 2 aromatic rings. The van der Waals surface area contributed by atoms with Gasteiger partial charge in [0.05, 0.1) is 10.6 Å². The van der Waals surface area contributed by atoms with Gasteiger partial charge < -0.3 is 4.74 Å². The van der Waals surface area contributed by atoms with Gasteiger partial charge in [-0.25, -0.2) is 9.79 Å². The monoisotopic (exact) mass is 322 g/mol. The number of cyclic esters (lactones) is 1. The highest BCUT2D eigenvalue weighted by atomic mass is 16.6.